The quantitative estimate of drug-likeness (QED) is 0.900. The molecule has 0 saturated heterocycles. The molecule has 0 bridgehead atoms. The molecule has 0 radical (unpaired) electrons. The van der Waals surface area contributed by atoms with Crippen molar-refractivity contribution in [2.24, 2.45) is 5.92 Å². The first-order chi connectivity index (χ1) is 8.08. The zero-order chi connectivity index (χ0) is 12.4. The van der Waals surface area contributed by atoms with E-state index in [9.17, 15) is 9.90 Å². The van der Waals surface area contributed by atoms with E-state index in [0.29, 0.717) is 6.54 Å². The van der Waals surface area contributed by atoms with Crippen molar-refractivity contribution in [2.75, 3.05) is 6.54 Å². The summed E-state index contributed by atoms with van der Waals surface area (Å²) in [5.74, 6) is 0.186. The van der Waals surface area contributed by atoms with Crippen LogP contribution in [0.2, 0.25) is 0 Å². The second kappa shape index (κ2) is 5.50. The summed E-state index contributed by atoms with van der Waals surface area (Å²) < 4.78 is 1.00. The fraction of sp³-hybridized carbons (Fsp3) is 0.583. The van der Waals surface area contributed by atoms with Crippen LogP contribution in [0, 0.1) is 12.8 Å². The van der Waals surface area contributed by atoms with Crippen LogP contribution in [0.15, 0.2) is 9.85 Å². The first-order valence-electron chi connectivity index (χ1n) is 5.80. The number of amides is 1. The smallest absolute Gasteiger partial charge is 0.261 e. The molecule has 1 aliphatic carbocycles. The molecule has 0 spiro atoms. The van der Waals surface area contributed by atoms with E-state index in [0.717, 1.165) is 33.5 Å². The molecule has 1 aliphatic rings. The van der Waals surface area contributed by atoms with Gasteiger partial charge in [-0.15, -0.1) is 11.3 Å². The Morgan fingerprint density at radius 3 is 2.94 bits per heavy atom. The molecule has 1 amide bonds. The minimum atomic E-state index is -0.243. The summed E-state index contributed by atoms with van der Waals surface area (Å²) in [5.41, 5.74) is 1.08. The molecule has 2 unspecified atom stereocenters. The first-order valence-corrected chi connectivity index (χ1v) is 7.41. The van der Waals surface area contributed by atoms with Crippen LogP contribution in [0.25, 0.3) is 0 Å². The maximum absolute atomic E-state index is 11.9. The van der Waals surface area contributed by atoms with Gasteiger partial charge in [-0.3, -0.25) is 4.79 Å². The lowest BCUT2D eigenvalue weighted by Gasteiger charge is -2.14. The summed E-state index contributed by atoms with van der Waals surface area (Å²) in [6.45, 7) is 2.55. The van der Waals surface area contributed by atoms with Gasteiger partial charge in [-0.2, -0.15) is 0 Å². The minimum Gasteiger partial charge on any atom is -0.393 e. The topological polar surface area (TPSA) is 49.3 Å². The minimum absolute atomic E-state index is 0.0390. The highest BCUT2D eigenvalue weighted by Gasteiger charge is 2.25. The second-order valence-corrected chi connectivity index (χ2v) is 6.91. The third-order valence-electron chi connectivity index (χ3n) is 3.22. The Morgan fingerprint density at radius 2 is 2.41 bits per heavy atom. The predicted octanol–water partition coefficient (Wildman–Crippen LogP) is 2.71. The van der Waals surface area contributed by atoms with E-state index in [1.807, 2.05) is 13.0 Å². The van der Waals surface area contributed by atoms with E-state index >= 15 is 0 Å². The summed E-state index contributed by atoms with van der Waals surface area (Å²) in [7, 11) is 0. The van der Waals surface area contributed by atoms with Crippen LogP contribution in [0.1, 0.15) is 34.5 Å². The molecule has 1 saturated carbocycles. The van der Waals surface area contributed by atoms with Crippen molar-refractivity contribution in [3.05, 3.63) is 20.3 Å². The molecule has 1 aromatic rings. The van der Waals surface area contributed by atoms with Gasteiger partial charge in [0.1, 0.15) is 0 Å². The summed E-state index contributed by atoms with van der Waals surface area (Å²) >= 11 is 4.86. The van der Waals surface area contributed by atoms with Crippen LogP contribution in [0.4, 0.5) is 0 Å². The molecule has 2 rings (SSSR count). The fourth-order valence-electron chi connectivity index (χ4n) is 2.14. The van der Waals surface area contributed by atoms with Crippen LogP contribution in [0.3, 0.4) is 0 Å². The Labute approximate surface area is 113 Å². The number of aryl methyl sites for hydroxylation is 1. The zero-order valence-electron chi connectivity index (χ0n) is 9.70. The van der Waals surface area contributed by atoms with Gasteiger partial charge in [0.25, 0.3) is 5.91 Å². The first kappa shape index (κ1) is 13.1. The number of halogens is 1. The Morgan fingerprint density at radius 1 is 1.65 bits per heavy atom. The maximum Gasteiger partial charge on any atom is 0.261 e. The van der Waals surface area contributed by atoms with E-state index in [2.05, 4.69) is 21.2 Å². The van der Waals surface area contributed by atoms with Crippen molar-refractivity contribution in [1.29, 1.82) is 0 Å². The molecule has 3 nitrogen and oxygen atoms in total. The van der Waals surface area contributed by atoms with E-state index in [1.54, 1.807) is 0 Å². The molecule has 5 heteroatoms. The third-order valence-corrected chi connectivity index (χ3v) is 5.36. The lowest BCUT2D eigenvalue weighted by molar-refractivity contribution is 0.0920. The average molecular weight is 318 g/mol. The Hall–Kier alpha value is -0.390. The van der Waals surface area contributed by atoms with Crippen molar-refractivity contribution in [3.63, 3.8) is 0 Å². The van der Waals surface area contributed by atoms with Gasteiger partial charge in [-0.25, -0.2) is 0 Å². The zero-order valence-corrected chi connectivity index (χ0v) is 12.1. The molecular formula is C12H16BrNO2S. The van der Waals surface area contributed by atoms with Crippen LogP contribution in [-0.4, -0.2) is 23.7 Å². The van der Waals surface area contributed by atoms with Gasteiger partial charge in [0.2, 0.25) is 0 Å². The van der Waals surface area contributed by atoms with Gasteiger partial charge in [-0.1, -0.05) is 6.42 Å². The van der Waals surface area contributed by atoms with E-state index < -0.39 is 0 Å². The van der Waals surface area contributed by atoms with E-state index in [-0.39, 0.29) is 17.9 Å². The van der Waals surface area contributed by atoms with Crippen molar-refractivity contribution in [2.45, 2.75) is 32.3 Å². The van der Waals surface area contributed by atoms with Gasteiger partial charge in [0.05, 0.1) is 14.8 Å². The molecule has 1 heterocycles. The highest BCUT2D eigenvalue weighted by Crippen LogP contribution is 2.28. The van der Waals surface area contributed by atoms with Gasteiger partial charge in [0, 0.05) is 12.5 Å². The molecule has 17 heavy (non-hydrogen) atoms. The molecular weight excluding hydrogens is 302 g/mol. The van der Waals surface area contributed by atoms with E-state index in [4.69, 9.17) is 0 Å². The van der Waals surface area contributed by atoms with E-state index in [1.165, 1.54) is 11.3 Å². The Balaban J connectivity index is 1.89. The third kappa shape index (κ3) is 3.09. The standard InChI is InChI=1S/C12H16BrNO2S/c1-7-5-10(17-11(7)13)12(16)14-6-8-3-2-4-9(8)15/h5,8-9,15H,2-4,6H2,1H3,(H,14,16). The van der Waals surface area contributed by atoms with Gasteiger partial charge in [0.15, 0.2) is 0 Å². The number of aliphatic hydroxyl groups excluding tert-OH is 1. The lowest BCUT2D eigenvalue weighted by Crippen LogP contribution is -2.32. The number of thiophene rings is 1. The Bertz CT molecular complexity index is 399. The molecule has 0 aliphatic heterocycles. The molecule has 94 valence electrons. The summed E-state index contributed by atoms with van der Waals surface area (Å²) in [4.78, 5) is 12.6. The van der Waals surface area contributed by atoms with Crippen LogP contribution >= 0.6 is 27.3 Å². The van der Waals surface area contributed by atoms with Crippen LogP contribution < -0.4 is 5.32 Å². The summed E-state index contributed by atoms with van der Waals surface area (Å²) in [6.07, 6.45) is 2.69. The number of carbonyl (C=O) groups is 1. The van der Waals surface area contributed by atoms with Gasteiger partial charge in [-0.05, 0) is 47.3 Å². The SMILES string of the molecule is Cc1cc(C(=O)NCC2CCCC2O)sc1Br. The van der Waals surface area contributed by atoms with Gasteiger partial charge < -0.3 is 10.4 Å². The van der Waals surface area contributed by atoms with Crippen molar-refractivity contribution in [3.8, 4) is 0 Å². The summed E-state index contributed by atoms with van der Waals surface area (Å²) in [6, 6.07) is 1.88. The van der Waals surface area contributed by atoms with Crippen molar-refractivity contribution in [1.82, 2.24) is 5.32 Å². The molecule has 1 fully saturated rings. The van der Waals surface area contributed by atoms with Crippen LogP contribution in [0.5, 0.6) is 0 Å². The normalized spacial score (nSPS) is 23.9. The number of rotatable bonds is 3. The second-order valence-electron chi connectivity index (χ2n) is 4.54. The maximum atomic E-state index is 11.9. The lowest BCUT2D eigenvalue weighted by atomic mass is 10.1. The number of nitrogens with one attached hydrogen (secondary N) is 1. The van der Waals surface area contributed by atoms with Crippen molar-refractivity contribution < 1.29 is 9.90 Å². The number of hydrogen-bond donors (Lipinski definition) is 2. The molecule has 0 aromatic carbocycles. The molecule has 2 atom stereocenters. The molecule has 2 N–H and O–H groups in total. The molecule has 1 aromatic heterocycles. The fourth-order valence-corrected chi connectivity index (χ4v) is 3.59. The number of hydrogen-bond acceptors (Lipinski definition) is 3. The van der Waals surface area contributed by atoms with Gasteiger partial charge >= 0.3 is 0 Å². The predicted molar refractivity (Wildman–Crippen MR) is 72.4 cm³/mol. The Kier molecular flexibility index (Phi) is 4.22. The summed E-state index contributed by atoms with van der Waals surface area (Å²) in [5, 5.41) is 12.6. The number of carbonyl (C=O) groups excluding carboxylic acids is 1. The highest BCUT2D eigenvalue weighted by atomic mass is 79.9. The largest absolute Gasteiger partial charge is 0.393 e. The van der Waals surface area contributed by atoms with Crippen LogP contribution in [-0.2, 0) is 0 Å². The highest BCUT2D eigenvalue weighted by molar-refractivity contribution is 9.11. The average Bonchev–Trinajstić information content (AvgIpc) is 2.83. The van der Waals surface area contributed by atoms with Crippen molar-refractivity contribution >= 4 is 33.2 Å². The monoisotopic (exact) mass is 317 g/mol. The number of aliphatic hydroxyl groups is 1.